The van der Waals surface area contributed by atoms with E-state index in [0.29, 0.717) is 13.0 Å². The molecule has 0 fully saturated rings. The molecule has 0 aliphatic carbocycles. The Morgan fingerprint density at radius 1 is 0.818 bits per heavy atom. The molecule has 0 spiro atoms. The van der Waals surface area contributed by atoms with Crippen LogP contribution < -0.4 is 0 Å². The molecule has 0 aromatic rings. The summed E-state index contributed by atoms with van der Waals surface area (Å²) in [5.41, 5.74) is -0.521. The molecule has 1 N–H and O–H groups in total. The second-order valence-electron chi connectivity index (χ2n) is 6.90. The van der Waals surface area contributed by atoms with Crippen LogP contribution >= 0.6 is 0 Å². The maximum absolute atomic E-state index is 11.5. The fraction of sp³-hybridized carbons (Fsp3) is 1.00. The molecule has 134 valence electrons. The van der Waals surface area contributed by atoms with Gasteiger partial charge in [0.25, 0.3) is 0 Å². The SMILES string of the molecule is CCCCCCCCCCCCN(C(C)(C)CC)S(=O)(=O)O. The van der Waals surface area contributed by atoms with E-state index in [-0.39, 0.29) is 0 Å². The molecule has 0 amide bonds. The molecular weight excluding hydrogens is 298 g/mol. The quantitative estimate of drug-likeness (QED) is 0.350. The lowest BCUT2D eigenvalue weighted by molar-refractivity contribution is 0.197. The van der Waals surface area contributed by atoms with Crippen LogP contribution in [0.15, 0.2) is 0 Å². The lowest BCUT2D eigenvalue weighted by atomic mass is 10.0. The van der Waals surface area contributed by atoms with Crippen LogP contribution in [0.3, 0.4) is 0 Å². The summed E-state index contributed by atoms with van der Waals surface area (Å²) in [7, 11) is -4.11. The minimum Gasteiger partial charge on any atom is -0.273 e. The van der Waals surface area contributed by atoms with Gasteiger partial charge in [0.1, 0.15) is 0 Å². The maximum atomic E-state index is 11.5. The van der Waals surface area contributed by atoms with E-state index in [9.17, 15) is 13.0 Å². The summed E-state index contributed by atoms with van der Waals surface area (Å²) in [6.07, 6.45) is 12.9. The van der Waals surface area contributed by atoms with E-state index >= 15 is 0 Å². The normalized spacial score (nSPS) is 13.0. The fourth-order valence-electron chi connectivity index (χ4n) is 2.65. The molecule has 4 nitrogen and oxygen atoms in total. The zero-order valence-corrected chi connectivity index (χ0v) is 15.9. The van der Waals surface area contributed by atoms with Gasteiger partial charge in [0.05, 0.1) is 0 Å². The van der Waals surface area contributed by atoms with Crippen molar-refractivity contribution in [2.75, 3.05) is 6.54 Å². The fourth-order valence-corrected chi connectivity index (χ4v) is 3.76. The maximum Gasteiger partial charge on any atom is 0.336 e. The molecule has 0 bridgehead atoms. The third-order valence-corrected chi connectivity index (χ3v) is 5.77. The summed E-state index contributed by atoms with van der Waals surface area (Å²) in [5, 5.41) is 0. The van der Waals surface area contributed by atoms with Crippen molar-refractivity contribution in [1.82, 2.24) is 4.31 Å². The van der Waals surface area contributed by atoms with Crippen LogP contribution in [0.5, 0.6) is 0 Å². The summed E-state index contributed by atoms with van der Waals surface area (Å²) in [6.45, 7) is 8.30. The number of rotatable bonds is 14. The molecule has 0 radical (unpaired) electrons. The second-order valence-corrected chi connectivity index (χ2v) is 8.23. The summed E-state index contributed by atoms with van der Waals surface area (Å²) in [4.78, 5) is 0. The van der Waals surface area contributed by atoms with Gasteiger partial charge < -0.3 is 0 Å². The first-order chi connectivity index (χ1) is 10.3. The van der Waals surface area contributed by atoms with E-state index in [4.69, 9.17) is 0 Å². The molecular formula is C17H37NO3S. The van der Waals surface area contributed by atoms with Gasteiger partial charge in [-0.05, 0) is 26.7 Å². The predicted octanol–water partition coefficient (Wildman–Crippen LogP) is 5.20. The summed E-state index contributed by atoms with van der Waals surface area (Å²) in [6, 6.07) is 0. The minimum absolute atomic E-state index is 0.413. The predicted molar refractivity (Wildman–Crippen MR) is 94.5 cm³/mol. The highest BCUT2D eigenvalue weighted by atomic mass is 32.2. The molecule has 22 heavy (non-hydrogen) atoms. The Kier molecular flexibility index (Phi) is 11.3. The smallest absolute Gasteiger partial charge is 0.273 e. The van der Waals surface area contributed by atoms with Crippen LogP contribution in [0.4, 0.5) is 0 Å². The average molecular weight is 336 g/mol. The first-order valence-corrected chi connectivity index (χ1v) is 10.4. The molecule has 0 atom stereocenters. The van der Waals surface area contributed by atoms with Gasteiger partial charge in [0.2, 0.25) is 0 Å². The van der Waals surface area contributed by atoms with Crippen molar-refractivity contribution in [2.24, 2.45) is 0 Å². The number of nitrogens with zero attached hydrogens (tertiary/aromatic N) is 1. The largest absolute Gasteiger partial charge is 0.336 e. The van der Waals surface area contributed by atoms with E-state index in [1.165, 1.54) is 49.3 Å². The molecule has 0 aliphatic heterocycles. The zero-order chi connectivity index (χ0) is 17.1. The van der Waals surface area contributed by atoms with Crippen molar-refractivity contribution in [2.45, 2.75) is 104 Å². The van der Waals surface area contributed by atoms with Crippen LogP contribution in [0.2, 0.25) is 0 Å². The molecule has 0 aliphatic rings. The van der Waals surface area contributed by atoms with Crippen molar-refractivity contribution in [3.63, 3.8) is 0 Å². The molecule has 0 unspecified atom stereocenters. The van der Waals surface area contributed by atoms with E-state index in [2.05, 4.69) is 6.92 Å². The third-order valence-electron chi connectivity index (χ3n) is 4.53. The van der Waals surface area contributed by atoms with E-state index in [0.717, 1.165) is 19.3 Å². The highest BCUT2D eigenvalue weighted by Gasteiger charge is 2.33. The van der Waals surface area contributed by atoms with Gasteiger partial charge in [0, 0.05) is 12.1 Å². The van der Waals surface area contributed by atoms with Gasteiger partial charge in [-0.1, -0.05) is 71.6 Å². The Labute approximate surface area is 138 Å². The monoisotopic (exact) mass is 335 g/mol. The highest BCUT2D eigenvalue weighted by molar-refractivity contribution is 7.83. The first-order valence-electron chi connectivity index (χ1n) is 9.01. The van der Waals surface area contributed by atoms with Gasteiger partial charge in [-0.25, -0.2) is 0 Å². The minimum atomic E-state index is -4.11. The molecule has 0 rings (SSSR count). The van der Waals surface area contributed by atoms with Crippen LogP contribution in [0.1, 0.15) is 98.3 Å². The standard InChI is InChI=1S/C17H37NO3S/c1-5-7-8-9-10-11-12-13-14-15-16-18(22(19,20)21)17(3,4)6-2/h5-16H2,1-4H3,(H,19,20,21). The third kappa shape index (κ3) is 9.80. The van der Waals surface area contributed by atoms with Gasteiger partial charge in [-0.3, -0.25) is 4.55 Å². The number of unbranched alkanes of at least 4 members (excludes halogenated alkanes) is 9. The Morgan fingerprint density at radius 3 is 1.59 bits per heavy atom. The van der Waals surface area contributed by atoms with Gasteiger partial charge in [-0.2, -0.15) is 12.7 Å². The van der Waals surface area contributed by atoms with Crippen LogP contribution in [-0.2, 0) is 10.3 Å². The molecule has 5 heteroatoms. The van der Waals surface area contributed by atoms with Crippen molar-refractivity contribution in [1.29, 1.82) is 0 Å². The average Bonchev–Trinajstić information content (AvgIpc) is 2.43. The lowest BCUT2D eigenvalue weighted by Gasteiger charge is -2.34. The summed E-state index contributed by atoms with van der Waals surface area (Å²) < 4.78 is 33.6. The summed E-state index contributed by atoms with van der Waals surface area (Å²) in [5.74, 6) is 0. The van der Waals surface area contributed by atoms with E-state index in [1.807, 2.05) is 20.8 Å². The van der Waals surface area contributed by atoms with Crippen molar-refractivity contribution >= 4 is 10.3 Å². The second kappa shape index (κ2) is 11.4. The van der Waals surface area contributed by atoms with Crippen LogP contribution in [0.25, 0.3) is 0 Å². The summed E-state index contributed by atoms with van der Waals surface area (Å²) >= 11 is 0. The molecule has 0 heterocycles. The van der Waals surface area contributed by atoms with E-state index in [1.54, 1.807) is 0 Å². The van der Waals surface area contributed by atoms with Crippen molar-refractivity contribution in [3.05, 3.63) is 0 Å². The van der Waals surface area contributed by atoms with Gasteiger partial charge in [-0.15, -0.1) is 0 Å². The van der Waals surface area contributed by atoms with Crippen molar-refractivity contribution < 1.29 is 13.0 Å². The number of hydrogen-bond acceptors (Lipinski definition) is 2. The zero-order valence-electron chi connectivity index (χ0n) is 15.1. The Morgan fingerprint density at radius 2 is 1.23 bits per heavy atom. The molecule has 0 saturated heterocycles. The van der Waals surface area contributed by atoms with Crippen LogP contribution in [0, 0.1) is 0 Å². The molecule has 0 aromatic carbocycles. The number of hydrogen-bond donors (Lipinski definition) is 1. The van der Waals surface area contributed by atoms with Gasteiger partial charge >= 0.3 is 10.3 Å². The van der Waals surface area contributed by atoms with Gasteiger partial charge in [0.15, 0.2) is 0 Å². The lowest BCUT2D eigenvalue weighted by Crippen LogP contribution is -2.47. The molecule has 0 aromatic heterocycles. The Bertz CT molecular complexity index is 366. The Hall–Kier alpha value is -0.130. The molecule has 0 saturated carbocycles. The van der Waals surface area contributed by atoms with Crippen molar-refractivity contribution in [3.8, 4) is 0 Å². The topological polar surface area (TPSA) is 57.6 Å². The van der Waals surface area contributed by atoms with E-state index < -0.39 is 15.8 Å². The highest BCUT2D eigenvalue weighted by Crippen LogP contribution is 2.22. The van der Waals surface area contributed by atoms with Crippen LogP contribution in [-0.4, -0.2) is 29.4 Å². The Balaban J connectivity index is 3.83. The first kappa shape index (κ1) is 21.9.